The first kappa shape index (κ1) is 25.3. The zero-order valence-corrected chi connectivity index (χ0v) is 20.2. The van der Waals surface area contributed by atoms with Crippen molar-refractivity contribution in [1.82, 2.24) is 5.32 Å². The van der Waals surface area contributed by atoms with Crippen LogP contribution in [-0.2, 0) is 9.59 Å². The second-order valence-corrected chi connectivity index (χ2v) is 8.35. The molecule has 0 bridgehead atoms. The molecular formula is C26H29ClN2O5. The number of unbranched alkanes of at least 4 members (excludes halogenated alkanes) is 5. The quantitative estimate of drug-likeness (QED) is 0.249. The second-order valence-electron chi connectivity index (χ2n) is 7.94. The van der Waals surface area contributed by atoms with Crippen molar-refractivity contribution in [2.45, 2.75) is 45.4 Å². The first-order valence-corrected chi connectivity index (χ1v) is 11.8. The summed E-state index contributed by atoms with van der Waals surface area (Å²) in [4.78, 5) is 38.7. The fourth-order valence-corrected chi connectivity index (χ4v) is 3.93. The number of ether oxygens (including phenoxy) is 2. The lowest BCUT2D eigenvalue weighted by Gasteiger charge is -2.26. The molecule has 1 saturated heterocycles. The van der Waals surface area contributed by atoms with Crippen LogP contribution in [0.1, 0.15) is 51.0 Å². The van der Waals surface area contributed by atoms with E-state index in [1.54, 1.807) is 42.5 Å². The number of halogens is 1. The fraction of sp³-hybridized carbons (Fsp3) is 0.346. The van der Waals surface area contributed by atoms with Crippen molar-refractivity contribution in [2.75, 3.05) is 18.6 Å². The molecule has 1 aliphatic heterocycles. The van der Waals surface area contributed by atoms with E-state index in [9.17, 15) is 14.4 Å². The number of anilines is 1. The second kappa shape index (κ2) is 12.2. The molecule has 0 aromatic heterocycles. The van der Waals surface area contributed by atoms with Crippen molar-refractivity contribution >= 4 is 41.2 Å². The number of imide groups is 2. The largest absolute Gasteiger partial charge is 0.493 e. The number of nitrogens with zero attached hydrogens (tertiary/aromatic N) is 1. The van der Waals surface area contributed by atoms with E-state index in [0.717, 1.165) is 17.7 Å². The zero-order chi connectivity index (χ0) is 24.5. The van der Waals surface area contributed by atoms with E-state index >= 15 is 0 Å². The van der Waals surface area contributed by atoms with Crippen LogP contribution in [0.4, 0.5) is 10.5 Å². The lowest BCUT2D eigenvalue weighted by atomic mass is 10.1. The number of hydrogen-bond acceptors (Lipinski definition) is 5. The van der Waals surface area contributed by atoms with E-state index in [-0.39, 0.29) is 5.57 Å². The topological polar surface area (TPSA) is 84.9 Å². The van der Waals surface area contributed by atoms with Gasteiger partial charge in [0.05, 0.1) is 24.4 Å². The van der Waals surface area contributed by atoms with Gasteiger partial charge in [-0.2, -0.15) is 0 Å². The number of hydrogen-bond donors (Lipinski definition) is 1. The third kappa shape index (κ3) is 6.17. The van der Waals surface area contributed by atoms with E-state index < -0.39 is 17.8 Å². The van der Waals surface area contributed by atoms with Gasteiger partial charge in [0.1, 0.15) is 5.57 Å². The lowest BCUT2D eigenvalue weighted by Crippen LogP contribution is -2.54. The highest BCUT2D eigenvalue weighted by molar-refractivity contribution is 6.39. The summed E-state index contributed by atoms with van der Waals surface area (Å²) in [6.07, 6.45) is 8.22. The van der Waals surface area contributed by atoms with Gasteiger partial charge in [0.25, 0.3) is 11.8 Å². The Morgan fingerprint density at radius 3 is 2.41 bits per heavy atom. The van der Waals surface area contributed by atoms with Gasteiger partial charge in [0.2, 0.25) is 0 Å². The molecule has 7 nitrogen and oxygen atoms in total. The summed E-state index contributed by atoms with van der Waals surface area (Å²) >= 11 is 6.45. The number of para-hydroxylation sites is 1. The minimum Gasteiger partial charge on any atom is -0.493 e. The van der Waals surface area contributed by atoms with Crippen LogP contribution < -0.4 is 19.7 Å². The van der Waals surface area contributed by atoms with Crippen molar-refractivity contribution < 1.29 is 23.9 Å². The number of barbiturate groups is 1. The van der Waals surface area contributed by atoms with Crippen LogP contribution in [0, 0.1) is 0 Å². The van der Waals surface area contributed by atoms with E-state index in [2.05, 4.69) is 12.2 Å². The third-order valence-corrected chi connectivity index (χ3v) is 5.70. The van der Waals surface area contributed by atoms with E-state index in [1.807, 2.05) is 0 Å². The van der Waals surface area contributed by atoms with Crippen LogP contribution in [0.2, 0.25) is 5.02 Å². The van der Waals surface area contributed by atoms with Crippen molar-refractivity contribution in [1.29, 1.82) is 0 Å². The highest BCUT2D eigenvalue weighted by atomic mass is 35.5. The summed E-state index contributed by atoms with van der Waals surface area (Å²) < 4.78 is 11.3. The predicted octanol–water partition coefficient (Wildman–Crippen LogP) is 5.75. The number of nitrogens with one attached hydrogen (secondary N) is 1. The maximum atomic E-state index is 13.0. The Hall–Kier alpha value is -3.32. The standard InChI is InChI=1S/C26H29ClN2O5/c1-3-4-5-6-7-11-14-34-23-21(27)16-18(17-22(23)33-2)15-20-24(30)28-26(32)29(25(20)31)19-12-9-8-10-13-19/h8-10,12-13,15-17H,3-7,11,14H2,1-2H3,(H,28,30,32)/b20-15-. The third-order valence-electron chi connectivity index (χ3n) is 5.42. The number of methoxy groups -OCH3 is 1. The Labute approximate surface area is 204 Å². The minimum atomic E-state index is -0.799. The van der Waals surface area contributed by atoms with Gasteiger partial charge >= 0.3 is 6.03 Å². The first-order valence-electron chi connectivity index (χ1n) is 11.4. The highest BCUT2D eigenvalue weighted by Gasteiger charge is 2.36. The average Bonchev–Trinajstić information content (AvgIpc) is 2.82. The molecule has 1 aliphatic rings. The Morgan fingerprint density at radius 1 is 1.00 bits per heavy atom. The summed E-state index contributed by atoms with van der Waals surface area (Å²) in [5.74, 6) is -0.690. The average molecular weight is 485 g/mol. The van der Waals surface area contributed by atoms with E-state index in [0.29, 0.717) is 34.4 Å². The number of carbonyl (C=O) groups excluding carboxylic acids is 3. The minimum absolute atomic E-state index is 0.192. The Kier molecular flexibility index (Phi) is 9.10. The van der Waals surface area contributed by atoms with Crippen LogP contribution in [0.25, 0.3) is 6.08 Å². The smallest absolute Gasteiger partial charge is 0.335 e. The highest BCUT2D eigenvalue weighted by Crippen LogP contribution is 2.37. The van der Waals surface area contributed by atoms with Gasteiger partial charge in [0, 0.05) is 0 Å². The summed E-state index contributed by atoms with van der Waals surface area (Å²) in [5.41, 5.74) is 0.634. The molecule has 1 N–H and O–H groups in total. The molecule has 2 aromatic carbocycles. The molecule has 0 saturated carbocycles. The summed E-state index contributed by atoms with van der Waals surface area (Å²) in [7, 11) is 1.49. The van der Waals surface area contributed by atoms with E-state index in [4.69, 9.17) is 21.1 Å². The summed E-state index contributed by atoms with van der Waals surface area (Å²) in [6, 6.07) is 10.8. The van der Waals surface area contributed by atoms with Crippen LogP contribution in [0.5, 0.6) is 11.5 Å². The predicted molar refractivity (Wildman–Crippen MR) is 132 cm³/mol. The Bertz CT molecular complexity index is 1070. The van der Waals surface area contributed by atoms with Crippen molar-refractivity contribution in [3.63, 3.8) is 0 Å². The van der Waals surface area contributed by atoms with Crippen molar-refractivity contribution in [3.8, 4) is 11.5 Å². The van der Waals surface area contributed by atoms with Crippen LogP contribution in [0.3, 0.4) is 0 Å². The molecule has 4 amide bonds. The van der Waals surface area contributed by atoms with Crippen molar-refractivity contribution in [3.05, 3.63) is 58.6 Å². The molecule has 2 aromatic rings. The zero-order valence-electron chi connectivity index (χ0n) is 19.4. The SMILES string of the molecule is CCCCCCCCOc1c(Cl)cc(/C=C2/C(=O)NC(=O)N(c3ccccc3)C2=O)cc1OC. The number of benzene rings is 2. The Balaban J connectivity index is 1.78. The van der Waals surface area contributed by atoms with Crippen LogP contribution in [-0.4, -0.2) is 31.6 Å². The molecule has 0 spiro atoms. The molecule has 34 heavy (non-hydrogen) atoms. The monoisotopic (exact) mass is 484 g/mol. The molecule has 0 radical (unpaired) electrons. The van der Waals surface area contributed by atoms with Gasteiger partial charge in [-0.05, 0) is 42.3 Å². The first-order chi connectivity index (χ1) is 16.5. The maximum Gasteiger partial charge on any atom is 0.335 e. The van der Waals surface area contributed by atoms with Crippen LogP contribution in [0.15, 0.2) is 48.0 Å². The summed E-state index contributed by atoms with van der Waals surface area (Å²) in [5, 5.41) is 2.51. The molecule has 0 atom stereocenters. The van der Waals surface area contributed by atoms with E-state index in [1.165, 1.54) is 38.9 Å². The molecule has 1 heterocycles. The van der Waals surface area contributed by atoms with Gasteiger partial charge in [-0.15, -0.1) is 0 Å². The molecule has 0 aliphatic carbocycles. The molecule has 3 rings (SSSR count). The number of urea groups is 1. The van der Waals surface area contributed by atoms with Gasteiger partial charge in [0.15, 0.2) is 11.5 Å². The van der Waals surface area contributed by atoms with Gasteiger partial charge in [-0.3, -0.25) is 14.9 Å². The van der Waals surface area contributed by atoms with Gasteiger partial charge in [-0.1, -0.05) is 68.8 Å². The maximum absolute atomic E-state index is 13.0. The number of rotatable bonds is 11. The lowest BCUT2D eigenvalue weighted by molar-refractivity contribution is -0.122. The molecule has 180 valence electrons. The molecule has 8 heteroatoms. The molecule has 0 unspecified atom stereocenters. The van der Waals surface area contributed by atoms with Gasteiger partial charge in [-0.25, -0.2) is 9.69 Å². The normalized spacial score (nSPS) is 15.0. The fourth-order valence-electron chi connectivity index (χ4n) is 3.66. The van der Waals surface area contributed by atoms with Gasteiger partial charge < -0.3 is 9.47 Å². The summed E-state index contributed by atoms with van der Waals surface area (Å²) in [6.45, 7) is 2.70. The molecule has 1 fully saturated rings. The Morgan fingerprint density at radius 2 is 1.71 bits per heavy atom. The van der Waals surface area contributed by atoms with Crippen molar-refractivity contribution in [2.24, 2.45) is 0 Å². The number of amides is 4. The van der Waals surface area contributed by atoms with Crippen LogP contribution >= 0.6 is 11.6 Å². The molecular weight excluding hydrogens is 456 g/mol. The number of carbonyl (C=O) groups is 3.